The zero-order chi connectivity index (χ0) is 8.48. The van der Waals surface area contributed by atoms with Crippen LogP contribution < -0.4 is 0 Å². The molecule has 1 aliphatic rings. The first-order chi connectivity index (χ1) is 5.06. The predicted octanol–water partition coefficient (Wildman–Crippen LogP) is 1.75. The smallest absolute Gasteiger partial charge is 0.122 e. The van der Waals surface area contributed by atoms with Gasteiger partial charge in [0.15, 0.2) is 0 Å². The highest BCUT2D eigenvalue weighted by Crippen LogP contribution is 2.53. The molecule has 1 fully saturated rings. The first kappa shape index (κ1) is 9.19. The molecule has 0 bridgehead atoms. The van der Waals surface area contributed by atoms with E-state index in [-0.39, 0.29) is 0 Å². The molecular weight excluding hydrogens is 181 g/mol. The van der Waals surface area contributed by atoms with Gasteiger partial charge in [-0.25, -0.2) is 0 Å². The normalized spacial score (nSPS) is 26.6. The van der Waals surface area contributed by atoms with Gasteiger partial charge in [-0.15, -0.1) is 29.6 Å². The third-order valence-corrected chi connectivity index (χ3v) is 2.77. The number of hydrogen-bond donors (Lipinski definition) is 0. The zero-order valence-electron chi connectivity index (χ0n) is 6.48. The molecule has 1 aliphatic carbocycles. The molecule has 0 N–H and O–H groups in total. The molecule has 0 aromatic heterocycles. The van der Waals surface area contributed by atoms with Gasteiger partial charge in [0.05, 0.1) is 6.54 Å². The van der Waals surface area contributed by atoms with E-state index in [1.807, 2.05) is 7.05 Å². The molecule has 0 heterocycles. The van der Waals surface area contributed by atoms with E-state index in [0.29, 0.717) is 12.5 Å². The second-order valence-corrected chi connectivity index (χ2v) is 4.61. The van der Waals surface area contributed by atoms with Crippen LogP contribution in [-0.4, -0.2) is 29.4 Å². The van der Waals surface area contributed by atoms with Crippen molar-refractivity contribution in [3.8, 4) is 12.3 Å². The fourth-order valence-electron chi connectivity index (χ4n) is 1.06. The Hall–Kier alpha value is 0.100. The topological polar surface area (TPSA) is 3.24 Å². The van der Waals surface area contributed by atoms with Gasteiger partial charge in [0.25, 0.3) is 0 Å². The standard InChI is InChI=1S/C8H11Cl2N/c1-3-4-11(2)6-7-5-8(7,9)10/h1,7H,4-6H2,2H3. The molecule has 1 atom stereocenters. The summed E-state index contributed by atoms with van der Waals surface area (Å²) in [6.45, 7) is 1.57. The fourth-order valence-corrected chi connectivity index (χ4v) is 1.57. The lowest BCUT2D eigenvalue weighted by Crippen LogP contribution is -2.22. The van der Waals surface area contributed by atoms with E-state index in [0.717, 1.165) is 13.0 Å². The summed E-state index contributed by atoms with van der Waals surface area (Å²) >= 11 is 11.7. The summed E-state index contributed by atoms with van der Waals surface area (Å²) in [5.41, 5.74) is 0. The highest BCUT2D eigenvalue weighted by Gasteiger charge is 2.51. The predicted molar refractivity (Wildman–Crippen MR) is 48.9 cm³/mol. The molecule has 0 aliphatic heterocycles. The highest BCUT2D eigenvalue weighted by molar-refractivity contribution is 6.50. The minimum atomic E-state index is -0.469. The van der Waals surface area contributed by atoms with Gasteiger partial charge in [-0.2, -0.15) is 0 Å². The van der Waals surface area contributed by atoms with Crippen molar-refractivity contribution >= 4 is 23.2 Å². The van der Waals surface area contributed by atoms with E-state index in [2.05, 4.69) is 10.8 Å². The Kier molecular flexibility index (Phi) is 2.70. The Bertz CT molecular complexity index is 183. The van der Waals surface area contributed by atoms with Gasteiger partial charge in [0.1, 0.15) is 4.33 Å². The van der Waals surface area contributed by atoms with Gasteiger partial charge < -0.3 is 0 Å². The van der Waals surface area contributed by atoms with Crippen LogP contribution in [0.3, 0.4) is 0 Å². The van der Waals surface area contributed by atoms with Crippen LogP contribution in [0.15, 0.2) is 0 Å². The van der Waals surface area contributed by atoms with Crippen molar-refractivity contribution in [1.29, 1.82) is 0 Å². The van der Waals surface area contributed by atoms with Crippen molar-refractivity contribution in [2.75, 3.05) is 20.1 Å². The average molecular weight is 192 g/mol. The molecule has 0 radical (unpaired) electrons. The average Bonchev–Trinajstić information content (AvgIpc) is 2.39. The van der Waals surface area contributed by atoms with Gasteiger partial charge in [0.2, 0.25) is 0 Å². The summed E-state index contributed by atoms with van der Waals surface area (Å²) in [4.78, 5) is 2.05. The van der Waals surface area contributed by atoms with E-state index in [1.54, 1.807) is 0 Å². The number of nitrogens with zero attached hydrogens (tertiary/aromatic N) is 1. The Morgan fingerprint density at radius 2 is 2.27 bits per heavy atom. The van der Waals surface area contributed by atoms with Crippen LogP contribution in [0.2, 0.25) is 0 Å². The van der Waals surface area contributed by atoms with Crippen molar-refractivity contribution in [2.45, 2.75) is 10.8 Å². The van der Waals surface area contributed by atoms with Crippen LogP contribution >= 0.6 is 23.2 Å². The quantitative estimate of drug-likeness (QED) is 0.486. The lowest BCUT2D eigenvalue weighted by atomic mass is 10.4. The summed E-state index contributed by atoms with van der Waals surface area (Å²) in [5.74, 6) is 2.97. The van der Waals surface area contributed by atoms with Gasteiger partial charge in [0, 0.05) is 12.5 Å². The second kappa shape index (κ2) is 3.23. The number of rotatable bonds is 3. The summed E-state index contributed by atoms with van der Waals surface area (Å²) in [5, 5.41) is 0. The molecule has 0 aromatic carbocycles. The second-order valence-electron chi connectivity index (χ2n) is 3.06. The summed E-state index contributed by atoms with van der Waals surface area (Å²) in [6, 6.07) is 0. The largest absolute Gasteiger partial charge is 0.295 e. The Morgan fingerprint density at radius 3 is 2.64 bits per heavy atom. The Labute approximate surface area is 77.7 Å². The number of halogens is 2. The molecule has 11 heavy (non-hydrogen) atoms. The van der Waals surface area contributed by atoms with Crippen LogP contribution in [0.25, 0.3) is 0 Å². The molecule has 0 aromatic rings. The number of alkyl halides is 2. The summed E-state index contributed by atoms with van der Waals surface area (Å²) < 4.78 is -0.469. The molecule has 1 nitrogen and oxygen atoms in total. The van der Waals surface area contributed by atoms with Crippen LogP contribution in [0, 0.1) is 18.3 Å². The maximum Gasteiger partial charge on any atom is 0.122 e. The van der Waals surface area contributed by atoms with Crippen molar-refractivity contribution in [3.63, 3.8) is 0 Å². The van der Waals surface area contributed by atoms with Crippen LogP contribution in [-0.2, 0) is 0 Å². The zero-order valence-corrected chi connectivity index (χ0v) is 7.99. The molecular formula is C8H11Cl2N. The van der Waals surface area contributed by atoms with Crippen molar-refractivity contribution < 1.29 is 0 Å². The first-order valence-corrected chi connectivity index (χ1v) is 4.31. The molecule has 0 saturated heterocycles. The molecule has 1 saturated carbocycles. The Morgan fingerprint density at radius 1 is 1.73 bits per heavy atom. The molecule has 1 rings (SSSR count). The van der Waals surface area contributed by atoms with Crippen molar-refractivity contribution in [3.05, 3.63) is 0 Å². The van der Waals surface area contributed by atoms with E-state index < -0.39 is 4.33 Å². The lowest BCUT2D eigenvalue weighted by molar-refractivity contribution is 0.358. The number of terminal acetylenes is 1. The van der Waals surface area contributed by atoms with Crippen LogP contribution in [0.1, 0.15) is 6.42 Å². The van der Waals surface area contributed by atoms with E-state index in [9.17, 15) is 0 Å². The molecule has 0 spiro atoms. The van der Waals surface area contributed by atoms with Crippen molar-refractivity contribution in [2.24, 2.45) is 5.92 Å². The summed E-state index contributed by atoms with van der Waals surface area (Å²) in [6.07, 6.45) is 6.03. The molecule has 1 unspecified atom stereocenters. The highest BCUT2D eigenvalue weighted by atomic mass is 35.5. The summed E-state index contributed by atoms with van der Waals surface area (Å²) in [7, 11) is 1.97. The van der Waals surface area contributed by atoms with Crippen LogP contribution in [0.4, 0.5) is 0 Å². The van der Waals surface area contributed by atoms with E-state index in [1.165, 1.54) is 0 Å². The monoisotopic (exact) mass is 191 g/mol. The van der Waals surface area contributed by atoms with Gasteiger partial charge in [-0.1, -0.05) is 5.92 Å². The molecule has 3 heteroatoms. The maximum absolute atomic E-state index is 5.84. The number of hydrogen-bond acceptors (Lipinski definition) is 1. The SMILES string of the molecule is C#CCN(C)CC1CC1(Cl)Cl. The minimum absolute atomic E-state index is 0.407. The van der Waals surface area contributed by atoms with Gasteiger partial charge >= 0.3 is 0 Å². The third kappa shape index (κ3) is 2.56. The van der Waals surface area contributed by atoms with Crippen molar-refractivity contribution in [1.82, 2.24) is 4.90 Å². The third-order valence-electron chi connectivity index (χ3n) is 1.85. The van der Waals surface area contributed by atoms with Gasteiger partial charge in [-0.05, 0) is 13.5 Å². The van der Waals surface area contributed by atoms with Crippen LogP contribution in [0.5, 0.6) is 0 Å². The Balaban J connectivity index is 2.19. The maximum atomic E-state index is 5.84. The minimum Gasteiger partial charge on any atom is -0.295 e. The molecule has 0 amide bonds. The van der Waals surface area contributed by atoms with E-state index >= 15 is 0 Å². The first-order valence-electron chi connectivity index (χ1n) is 3.56. The lowest BCUT2D eigenvalue weighted by Gasteiger charge is -2.12. The fraction of sp³-hybridized carbons (Fsp3) is 0.750. The molecule has 62 valence electrons. The van der Waals surface area contributed by atoms with E-state index in [4.69, 9.17) is 29.6 Å². The van der Waals surface area contributed by atoms with Gasteiger partial charge in [-0.3, -0.25) is 4.90 Å².